The van der Waals surface area contributed by atoms with Gasteiger partial charge >= 0.3 is 11.8 Å². The van der Waals surface area contributed by atoms with Gasteiger partial charge in [-0.3, -0.25) is 9.59 Å². The fraction of sp³-hybridized carbons (Fsp3) is 0.400. The Bertz CT molecular complexity index is 889. The number of sulfone groups is 1. The summed E-state index contributed by atoms with van der Waals surface area (Å²) in [6.07, 6.45) is 0.763. The van der Waals surface area contributed by atoms with Crippen molar-refractivity contribution in [2.75, 3.05) is 13.1 Å². The van der Waals surface area contributed by atoms with Crippen molar-refractivity contribution in [3.63, 3.8) is 0 Å². The zero-order valence-electron chi connectivity index (χ0n) is 16.3. The Morgan fingerprint density at radius 2 is 1.68 bits per heavy atom. The van der Waals surface area contributed by atoms with E-state index in [4.69, 9.17) is 0 Å². The number of thiophene rings is 1. The van der Waals surface area contributed by atoms with E-state index in [1.54, 1.807) is 41.8 Å². The SMILES string of the molecule is Cc1ccc(S(=O)(=O)[C@H](CNC(=O)C(=O)NCCC(C)C)c2cccs2)cc1. The van der Waals surface area contributed by atoms with Gasteiger partial charge in [-0.15, -0.1) is 11.3 Å². The molecule has 1 aromatic carbocycles. The molecule has 0 aliphatic heterocycles. The number of carbonyl (C=O) groups excluding carboxylic acids is 2. The number of benzene rings is 1. The van der Waals surface area contributed by atoms with Gasteiger partial charge in [-0.1, -0.05) is 37.6 Å². The van der Waals surface area contributed by atoms with Gasteiger partial charge < -0.3 is 10.6 Å². The number of rotatable bonds is 8. The first-order valence-corrected chi connectivity index (χ1v) is 11.5. The van der Waals surface area contributed by atoms with Crippen LogP contribution in [0.2, 0.25) is 0 Å². The van der Waals surface area contributed by atoms with Crippen LogP contribution in [0.1, 0.15) is 36.0 Å². The minimum Gasteiger partial charge on any atom is -0.348 e. The number of carbonyl (C=O) groups is 2. The monoisotopic (exact) mass is 422 g/mol. The summed E-state index contributed by atoms with van der Waals surface area (Å²) in [5, 5.41) is 5.85. The van der Waals surface area contributed by atoms with Gasteiger partial charge in [0, 0.05) is 18.0 Å². The van der Waals surface area contributed by atoms with Crippen LogP contribution in [0.3, 0.4) is 0 Å². The van der Waals surface area contributed by atoms with E-state index in [0.29, 0.717) is 17.3 Å². The van der Waals surface area contributed by atoms with Crippen molar-refractivity contribution in [3.05, 3.63) is 52.2 Å². The summed E-state index contributed by atoms with van der Waals surface area (Å²) < 4.78 is 26.3. The van der Waals surface area contributed by atoms with Crippen LogP contribution in [0.4, 0.5) is 0 Å². The van der Waals surface area contributed by atoms with E-state index >= 15 is 0 Å². The van der Waals surface area contributed by atoms with Gasteiger partial charge in [0.2, 0.25) is 0 Å². The predicted molar refractivity (Wildman–Crippen MR) is 111 cm³/mol. The van der Waals surface area contributed by atoms with Crippen LogP contribution >= 0.6 is 11.3 Å². The van der Waals surface area contributed by atoms with Gasteiger partial charge in [0.05, 0.1) is 4.90 Å². The van der Waals surface area contributed by atoms with Gasteiger partial charge in [-0.05, 0) is 42.8 Å². The van der Waals surface area contributed by atoms with Crippen LogP contribution in [0.5, 0.6) is 0 Å². The third kappa shape index (κ3) is 5.90. The minimum atomic E-state index is -3.73. The molecule has 2 rings (SSSR count). The maximum absolute atomic E-state index is 13.1. The Hall–Kier alpha value is -2.19. The molecule has 2 amide bonds. The molecule has 1 aromatic heterocycles. The van der Waals surface area contributed by atoms with Crippen LogP contribution in [-0.4, -0.2) is 33.3 Å². The molecule has 1 atom stereocenters. The Morgan fingerprint density at radius 3 is 2.25 bits per heavy atom. The van der Waals surface area contributed by atoms with Crippen molar-refractivity contribution in [2.24, 2.45) is 5.92 Å². The van der Waals surface area contributed by atoms with E-state index < -0.39 is 26.9 Å². The molecule has 0 aliphatic rings. The lowest BCUT2D eigenvalue weighted by Gasteiger charge is -2.17. The van der Waals surface area contributed by atoms with E-state index in [1.807, 2.05) is 20.8 Å². The van der Waals surface area contributed by atoms with Gasteiger partial charge in [0.1, 0.15) is 5.25 Å². The lowest BCUT2D eigenvalue weighted by atomic mass is 10.1. The molecule has 0 saturated heterocycles. The van der Waals surface area contributed by atoms with Crippen LogP contribution in [0.25, 0.3) is 0 Å². The van der Waals surface area contributed by atoms with Crippen molar-refractivity contribution >= 4 is 33.0 Å². The molecular formula is C20H26N2O4S2. The highest BCUT2D eigenvalue weighted by atomic mass is 32.2. The van der Waals surface area contributed by atoms with Crippen molar-refractivity contribution < 1.29 is 18.0 Å². The molecule has 0 unspecified atom stereocenters. The Labute approximate surface area is 170 Å². The molecule has 28 heavy (non-hydrogen) atoms. The predicted octanol–water partition coefficient (Wildman–Crippen LogP) is 2.85. The summed E-state index contributed by atoms with van der Waals surface area (Å²) in [6.45, 7) is 6.15. The van der Waals surface area contributed by atoms with Crippen molar-refractivity contribution in [3.8, 4) is 0 Å². The quantitative estimate of drug-likeness (QED) is 0.640. The molecule has 2 N–H and O–H groups in total. The molecule has 0 spiro atoms. The fourth-order valence-electron chi connectivity index (χ4n) is 2.55. The van der Waals surface area contributed by atoms with E-state index in [1.165, 1.54) is 11.3 Å². The molecule has 6 nitrogen and oxygen atoms in total. The lowest BCUT2D eigenvalue weighted by molar-refractivity contribution is -0.139. The Kier molecular flexibility index (Phi) is 7.77. The summed E-state index contributed by atoms with van der Waals surface area (Å²) >= 11 is 1.30. The molecule has 0 bridgehead atoms. The van der Waals surface area contributed by atoms with Crippen LogP contribution in [-0.2, 0) is 19.4 Å². The van der Waals surface area contributed by atoms with Gasteiger partial charge in [-0.25, -0.2) is 8.42 Å². The first-order chi connectivity index (χ1) is 13.2. The molecular weight excluding hydrogens is 396 g/mol. The van der Waals surface area contributed by atoms with Crippen LogP contribution in [0.15, 0.2) is 46.7 Å². The van der Waals surface area contributed by atoms with E-state index in [9.17, 15) is 18.0 Å². The summed E-state index contributed by atoms with van der Waals surface area (Å²) in [7, 11) is -3.73. The normalized spacial score (nSPS) is 12.6. The summed E-state index contributed by atoms with van der Waals surface area (Å²) in [5.74, 6) is -1.17. The number of nitrogens with one attached hydrogen (secondary N) is 2. The topological polar surface area (TPSA) is 92.3 Å². The maximum atomic E-state index is 13.1. The van der Waals surface area contributed by atoms with E-state index in [-0.39, 0.29) is 11.4 Å². The highest BCUT2D eigenvalue weighted by molar-refractivity contribution is 7.91. The lowest BCUT2D eigenvalue weighted by Crippen LogP contribution is -2.42. The second-order valence-corrected chi connectivity index (χ2v) is 10.1. The highest BCUT2D eigenvalue weighted by Gasteiger charge is 2.31. The smallest absolute Gasteiger partial charge is 0.309 e. The minimum absolute atomic E-state index is 0.173. The summed E-state index contributed by atoms with van der Waals surface area (Å²) in [4.78, 5) is 24.8. The third-order valence-corrected chi connectivity index (χ3v) is 7.48. The van der Waals surface area contributed by atoms with E-state index in [2.05, 4.69) is 10.6 Å². The number of hydrogen-bond acceptors (Lipinski definition) is 5. The first-order valence-electron chi connectivity index (χ1n) is 9.11. The maximum Gasteiger partial charge on any atom is 0.309 e. The molecule has 0 saturated carbocycles. The average Bonchev–Trinajstić information content (AvgIpc) is 3.15. The molecule has 0 fully saturated rings. The van der Waals surface area contributed by atoms with E-state index in [0.717, 1.165) is 12.0 Å². The molecule has 0 aliphatic carbocycles. The third-order valence-electron chi connectivity index (χ3n) is 4.25. The van der Waals surface area contributed by atoms with Crippen LogP contribution < -0.4 is 10.6 Å². The van der Waals surface area contributed by atoms with Crippen molar-refractivity contribution in [2.45, 2.75) is 37.3 Å². The van der Waals surface area contributed by atoms with Crippen LogP contribution in [0, 0.1) is 12.8 Å². The Morgan fingerprint density at radius 1 is 1.04 bits per heavy atom. The largest absolute Gasteiger partial charge is 0.348 e. The average molecular weight is 423 g/mol. The van der Waals surface area contributed by atoms with Gasteiger partial charge in [-0.2, -0.15) is 0 Å². The molecule has 8 heteroatoms. The number of hydrogen-bond donors (Lipinski definition) is 2. The van der Waals surface area contributed by atoms with Crippen molar-refractivity contribution in [1.29, 1.82) is 0 Å². The molecule has 2 aromatic rings. The van der Waals surface area contributed by atoms with Gasteiger partial charge in [0.25, 0.3) is 0 Å². The summed E-state index contributed by atoms with van der Waals surface area (Å²) in [5.41, 5.74) is 0.956. The molecule has 1 heterocycles. The standard InChI is InChI=1S/C20H26N2O4S2/c1-14(2)10-11-21-19(23)20(24)22-13-18(17-5-4-12-27-17)28(25,26)16-8-6-15(3)7-9-16/h4-9,12,14,18H,10-11,13H2,1-3H3,(H,21,23)(H,22,24)/t18-/m1/s1. The summed E-state index contributed by atoms with van der Waals surface area (Å²) in [6, 6.07) is 10.1. The second-order valence-electron chi connectivity index (χ2n) is 7.01. The number of aryl methyl sites for hydroxylation is 1. The van der Waals surface area contributed by atoms with Gasteiger partial charge in [0.15, 0.2) is 9.84 Å². The highest BCUT2D eigenvalue weighted by Crippen LogP contribution is 2.31. The first kappa shape index (κ1) is 22.1. The fourth-order valence-corrected chi connectivity index (χ4v) is 5.33. The zero-order valence-corrected chi connectivity index (χ0v) is 17.9. The molecule has 152 valence electrons. The Balaban J connectivity index is 2.11. The van der Waals surface area contributed by atoms with Crippen molar-refractivity contribution in [1.82, 2.24) is 10.6 Å². The number of amides is 2. The second kappa shape index (κ2) is 9.84. The molecule has 0 radical (unpaired) electrons. The zero-order chi connectivity index (χ0) is 20.7.